The second-order valence-electron chi connectivity index (χ2n) is 7.54. The molecule has 1 aromatic carbocycles. The van der Waals surface area contributed by atoms with Crippen molar-refractivity contribution in [3.8, 4) is 0 Å². The summed E-state index contributed by atoms with van der Waals surface area (Å²) in [6, 6.07) is 8.05. The van der Waals surface area contributed by atoms with Gasteiger partial charge in [-0.2, -0.15) is 0 Å². The standard InChI is InChI=1S/C21H32N4O.HI/c1-2-22-21(23-14-16-11-12-16)24-15-17-7-6-10-19(13-17)25-20(26)18-8-4-3-5-9-18;/h6-7,10,13,16,18H,2-5,8-9,11-12,14-15H2,1H3,(H,25,26)(H2,22,23,24);1H. The van der Waals surface area contributed by atoms with Crippen molar-refractivity contribution in [3.05, 3.63) is 29.8 Å². The van der Waals surface area contributed by atoms with Gasteiger partial charge >= 0.3 is 0 Å². The number of amides is 1. The van der Waals surface area contributed by atoms with Gasteiger partial charge in [-0.15, -0.1) is 24.0 Å². The first-order valence-corrected chi connectivity index (χ1v) is 10.2. The van der Waals surface area contributed by atoms with Crippen LogP contribution in [0.3, 0.4) is 0 Å². The van der Waals surface area contributed by atoms with Crippen LogP contribution in [0.15, 0.2) is 29.3 Å². The van der Waals surface area contributed by atoms with Gasteiger partial charge in [-0.3, -0.25) is 4.79 Å². The van der Waals surface area contributed by atoms with Crippen LogP contribution in [0, 0.1) is 11.8 Å². The summed E-state index contributed by atoms with van der Waals surface area (Å²) in [5.41, 5.74) is 1.99. The van der Waals surface area contributed by atoms with Crippen LogP contribution in [-0.2, 0) is 11.3 Å². The van der Waals surface area contributed by atoms with E-state index in [0.717, 1.165) is 49.1 Å². The Morgan fingerprint density at radius 3 is 2.59 bits per heavy atom. The molecular weight excluding hydrogens is 451 g/mol. The fourth-order valence-corrected chi connectivity index (χ4v) is 3.43. The average Bonchev–Trinajstić information content (AvgIpc) is 3.49. The van der Waals surface area contributed by atoms with Crippen LogP contribution in [0.5, 0.6) is 0 Å². The molecule has 0 aliphatic heterocycles. The molecule has 3 rings (SSSR count). The molecule has 2 aliphatic rings. The third kappa shape index (κ3) is 7.68. The Kier molecular flexibility index (Phi) is 9.38. The number of rotatable bonds is 7. The van der Waals surface area contributed by atoms with Crippen LogP contribution in [0.2, 0.25) is 0 Å². The molecule has 0 spiro atoms. The Morgan fingerprint density at radius 1 is 1.11 bits per heavy atom. The second-order valence-corrected chi connectivity index (χ2v) is 7.54. The van der Waals surface area contributed by atoms with Crippen molar-refractivity contribution in [2.75, 3.05) is 18.4 Å². The maximum atomic E-state index is 12.4. The maximum Gasteiger partial charge on any atom is 0.227 e. The lowest BCUT2D eigenvalue weighted by Gasteiger charge is -2.20. The molecule has 1 aromatic rings. The molecule has 27 heavy (non-hydrogen) atoms. The highest BCUT2D eigenvalue weighted by atomic mass is 127. The van der Waals surface area contributed by atoms with Crippen molar-refractivity contribution in [2.24, 2.45) is 16.8 Å². The Hall–Kier alpha value is -1.31. The number of guanidine groups is 1. The first kappa shape index (κ1) is 22.0. The smallest absolute Gasteiger partial charge is 0.227 e. The number of carbonyl (C=O) groups is 1. The molecule has 0 bridgehead atoms. The first-order valence-electron chi connectivity index (χ1n) is 10.2. The third-order valence-corrected chi connectivity index (χ3v) is 5.19. The van der Waals surface area contributed by atoms with Crippen LogP contribution < -0.4 is 16.0 Å². The number of benzene rings is 1. The maximum absolute atomic E-state index is 12.4. The minimum atomic E-state index is 0. The van der Waals surface area contributed by atoms with E-state index in [1.54, 1.807) is 0 Å². The summed E-state index contributed by atoms with van der Waals surface area (Å²) in [7, 11) is 0. The van der Waals surface area contributed by atoms with Crippen molar-refractivity contribution in [1.29, 1.82) is 0 Å². The molecule has 0 radical (unpaired) electrons. The first-order chi connectivity index (χ1) is 12.7. The van der Waals surface area contributed by atoms with Gasteiger partial charge in [0.05, 0.1) is 6.54 Å². The monoisotopic (exact) mass is 484 g/mol. The summed E-state index contributed by atoms with van der Waals surface area (Å²) in [4.78, 5) is 17.1. The largest absolute Gasteiger partial charge is 0.357 e. The summed E-state index contributed by atoms with van der Waals surface area (Å²) in [5.74, 6) is 2.04. The Labute approximate surface area is 180 Å². The molecule has 0 unspecified atom stereocenters. The van der Waals surface area contributed by atoms with Crippen LogP contribution in [0.1, 0.15) is 57.4 Å². The highest BCUT2D eigenvalue weighted by Crippen LogP contribution is 2.27. The number of hydrogen-bond donors (Lipinski definition) is 3. The second kappa shape index (κ2) is 11.5. The zero-order valence-corrected chi connectivity index (χ0v) is 18.6. The predicted octanol–water partition coefficient (Wildman–Crippen LogP) is 4.29. The summed E-state index contributed by atoms with van der Waals surface area (Å²) in [5, 5.41) is 9.80. The van der Waals surface area contributed by atoms with Crippen LogP contribution in [0.4, 0.5) is 5.69 Å². The lowest BCUT2D eigenvalue weighted by Crippen LogP contribution is -2.38. The van der Waals surface area contributed by atoms with E-state index in [2.05, 4.69) is 33.9 Å². The summed E-state index contributed by atoms with van der Waals surface area (Å²) in [6.45, 7) is 4.54. The number of nitrogens with zero attached hydrogens (tertiary/aromatic N) is 1. The van der Waals surface area contributed by atoms with Gasteiger partial charge in [0, 0.05) is 24.7 Å². The molecule has 2 aliphatic carbocycles. The third-order valence-electron chi connectivity index (χ3n) is 5.19. The van der Waals surface area contributed by atoms with Gasteiger partial charge in [0.15, 0.2) is 5.96 Å². The lowest BCUT2D eigenvalue weighted by atomic mass is 9.88. The van der Waals surface area contributed by atoms with E-state index >= 15 is 0 Å². The van der Waals surface area contributed by atoms with Crippen LogP contribution >= 0.6 is 24.0 Å². The lowest BCUT2D eigenvalue weighted by molar-refractivity contribution is -0.120. The van der Waals surface area contributed by atoms with Crippen molar-refractivity contribution >= 4 is 41.5 Å². The minimum absolute atomic E-state index is 0. The zero-order chi connectivity index (χ0) is 18.2. The van der Waals surface area contributed by atoms with Crippen molar-refractivity contribution in [1.82, 2.24) is 10.6 Å². The topological polar surface area (TPSA) is 65.5 Å². The van der Waals surface area contributed by atoms with Crippen LogP contribution in [-0.4, -0.2) is 25.0 Å². The van der Waals surface area contributed by atoms with Crippen molar-refractivity contribution in [3.63, 3.8) is 0 Å². The quantitative estimate of drug-likeness (QED) is 0.308. The van der Waals surface area contributed by atoms with Gasteiger partial charge in [0.25, 0.3) is 0 Å². The molecule has 1 amide bonds. The summed E-state index contributed by atoms with van der Waals surface area (Å²) < 4.78 is 0. The SMILES string of the molecule is CCNC(=NCc1cccc(NC(=O)C2CCCCC2)c1)NCC1CC1.I. The van der Waals surface area contributed by atoms with E-state index in [4.69, 9.17) is 0 Å². The zero-order valence-electron chi connectivity index (χ0n) is 16.3. The molecule has 2 saturated carbocycles. The van der Waals surface area contributed by atoms with Crippen molar-refractivity contribution in [2.45, 2.75) is 58.4 Å². The number of aliphatic imine (C=N–C) groups is 1. The Bertz CT molecular complexity index is 624. The highest BCUT2D eigenvalue weighted by Gasteiger charge is 2.21. The molecule has 0 aromatic heterocycles. The molecule has 0 heterocycles. The number of nitrogens with one attached hydrogen (secondary N) is 3. The molecule has 0 atom stereocenters. The van der Waals surface area contributed by atoms with Crippen molar-refractivity contribution < 1.29 is 4.79 Å². The molecule has 2 fully saturated rings. The number of halogens is 1. The summed E-state index contributed by atoms with van der Waals surface area (Å²) in [6.07, 6.45) is 8.31. The fourth-order valence-electron chi connectivity index (χ4n) is 3.43. The van der Waals surface area contributed by atoms with Gasteiger partial charge in [-0.1, -0.05) is 31.4 Å². The van der Waals surface area contributed by atoms with Gasteiger partial charge < -0.3 is 16.0 Å². The molecular formula is C21H33IN4O. The number of carbonyl (C=O) groups excluding carboxylic acids is 1. The fraction of sp³-hybridized carbons (Fsp3) is 0.619. The molecule has 0 saturated heterocycles. The van der Waals surface area contributed by atoms with Gasteiger partial charge in [-0.25, -0.2) is 4.99 Å². The van der Waals surface area contributed by atoms with E-state index in [9.17, 15) is 4.79 Å². The van der Waals surface area contributed by atoms with Gasteiger partial charge in [-0.05, 0) is 56.2 Å². The number of hydrogen-bond acceptors (Lipinski definition) is 2. The molecule has 5 nitrogen and oxygen atoms in total. The molecule has 3 N–H and O–H groups in total. The minimum Gasteiger partial charge on any atom is -0.357 e. The van der Waals surface area contributed by atoms with Crippen LogP contribution in [0.25, 0.3) is 0 Å². The normalized spacial score (nSPS) is 17.7. The van der Waals surface area contributed by atoms with Gasteiger partial charge in [0.1, 0.15) is 0 Å². The highest BCUT2D eigenvalue weighted by molar-refractivity contribution is 14.0. The Morgan fingerprint density at radius 2 is 1.89 bits per heavy atom. The van der Waals surface area contributed by atoms with E-state index in [0.29, 0.717) is 6.54 Å². The summed E-state index contributed by atoms with van der Waals surface area (Å²) >= 11 is 0. The predicted molar refractivity (Wildman–Crippen MR) is 123 cm³/mol. The van der Waals surface area contributed by atoms with E-state index in [1.165, 1.54) is 32.1 Å². The van der Waals surface area contributed by atoms with E-state index < -0.39 is 0 Å². The molecule has 150 valence electrons. The Balaban J connectivity index is 0.00000261. The van der Waals surface area contributed by atoms with E-state index in [1.807, 2.05) is 18.2 Å². The average molecular weight is 484 g/mol. The van der Waals surface area contributed by atoms with E-state index in [-0.39, 0.29) is 35.8 Å². The van der Waals surface area contributed by atoms with Gasteiger partial charge in [0.2, 0.25) is 5.91 Å². The number of anilines is 1. The molecule has 6 heteroatoms.